The summed E-state index contributed by atoms with van der Waals surface area (Å²) in [4.78, 5) is 29.1. The summed E-state index contributed by atoms with van der Waals surface area (Å²) in [6.45, 7) is 1.88. The molecule has 1 aliphatic rings. The number of carbonyl (C=O) groups is 2. The second-order valence-electron chi connectivity index (χ2n) is 9.33. The second-order valence-corrected chi connectivity index (χ2v) is 10.7. The molecule has 0 spiro atoms. The molecule has 0 aromatic heterocycles. The summed E-state index contributed by atoms with van der Waals surface area (Å²) in [7, 11) is -1.66. The Balaban J connectivity index is 1.46. The molecule has 2 atom stereocenters. The Labute approximate surface area is 223 Å². The highest BCUT2D eigenvalue weighted by Gasteiger charge is 2.32. The van der Waals surface area contributed by atoms with Gasteiger partial charge in [0.05, 0.1) is 38.4 Å². The largest absolute Gasteiger partial charge is 0.350 e. The van der Waals surface area contributed by atoms with Crippen LogP contribution in [0.25, 0.3) is 0 Å². The topological polar surface area (TPSA) is 66.5 Å². The molecule has 5 rings (SSSR count). The quantitative estimate of drug-likeness (QED) is 0.326. The average molecular weight is 527 g/mol. The van der Waals surface area contributed by atoms with Crippen molar-refractivity contribution < 1.29 is 18.2 Å². The van der Waals surface area contributed by atoms with Gasteiger partial charge in [-0.3, -0.25) is 9.59 Å². The monoisotopic (exact) mass is 526 g/mol. The SMILES string of the molecule is C[C@H](CCc1ccccc1)NC(=O)c1ccc2c(c1)N(Cc1ccccc1F)C(=O)c1ccccc1[S@]2=O. The highest BCUT2D eigenvalue weighted by molar-refractivity contribution is 7.85. The Kier molecular flexibility index (Phi) is 7.47. The maximum atomic E-state index is 14.6. The van der Waals surface area contributed by atoms with Crippen molar-refractivity contribution in [2.75, 3.05) is 4.90 Å². The van der Waals surface area contributed by atoms with E-state index in [1.54, 1.807) is 60.7 Å². The van der Waals surface area contributed by atoms with E-state index in [1.807, 2.05) is 25.1 Å². The maximum absolute atomic E-state index is 14.6. The molecular weight excluding hydrogens is 499 g/mol. The summed E-state index contributed by atoms with van der Waals surface area (Å²) in [5, 5.41) is 3.02. The van der Waals surface area contributed by atoms with E-state index in [1.165, 1.54) is 16.5 Å². The molecule has 0 bridgehead atoms. The lowest BCUT2D eigenvalue weighted by molar-refractivity contribution is 0.0935. The summed E-state index contributed by atoms with van der Waals surface area (Å²) in [6, 6.07) is 27.8. The highest BCUT2D eigenvalue weighted by Crippen LogP contribution is 2.36. The van der Waals surface area contributed by atoms with E-state index in [4.69, 9.17) is 0 Å². The molecule has 1 heterocycles. The maximum Gasteiger partial charge on any atom is 0.259 e. The van der Waals surface area contributed by atoms with Crippen LogP contribution in [-0.2, 0) is 23.8 Å². The van der Waals surface area contributed by atoms with E-state index in [0.717, 1.165) is 12.8 Å². The summed E-state index contributed by atoms with van der Waals surface area (Å²) < 4.78 is 28.2. The summed E-state index contributed by atoms with van der Waals surface area (Å²) in [6.07, 6.45) is 1.59. The van der Waals surface area contributed by atoms with E-state index in [2.05, 4.69) is 17.4 Å². The number of hydrogen-bond donors (Lipinski definition) is 1. The van der Waals surface area contributed by atoms with Crippen molar-refractivity contribution in [2.45, 2.75) is 42.1 Å². The van der Waals surface area contributed by atoms with Crippen LogP contribution in [0.15, 0.2) is 107 Å². The molecule has 2 amide bonds. The smallest absolute Gasteiger partial charge is 0.259 e. The molecule has 192 valence electrons. The van der Waals surface area contributed by atoms with Crippen molar-refractivity contribution in [3.63, 3.8) is 0 Å². The average Bonchev–Trinajstić information content (AvgIpc) is 3.03. The number of amides is 2. The molecule has 0 aliphatic carbocycles. The minimum atomic E-state index is -1.66. The van der Waals surface area contributed by atoms with Crippen molar-refractivity contribution in [1.29, 1.82) is 0 Å². The van der Waals surface area contributed by atoms with Gasteiger partial charge in [0.2, 0.25) is 0 Å². The Morgan fingerprint density at radius 1 is 0.921 bits per heavy atom. The van der Waals surface area contributed by atoms with Gasteiger partial charge in [-0.1, -0.05) is 60.7 Å². The van der Waals surface area contributed by atoms with Crippen LogP contribution in [0.1, 0.15) is 45.2 Å². The highest BCUT2D eigenvalue weighted by atomic mass is 32.2. The Hall–Kier alpha value is -4.10. The van der Waals surface area contributed by atoms with Crippen LogP contribution in [0.2, 0.25) is 0 Å². The normalized spacial score (nSPS) is 15.3. The first kappa shape index (κ1) is 25.5. The van der Waals surface area contributed by atoms with E-state index in [0.29, 0.717) is 32.2 Å². The standard InChI is InChI=1S/C31H27FN2O3S/c1-21(15-16-22-9-3-2-4-10-22)33-30(35)23-17-18-29-27(19-23)34(20-24-11-5-7-13-26(24)32)31(36)25-12-6-8-14-28(25)38(29)37/h2-14,17-19,21H,15-16,20H2,1H3,(H,33,35)/t21-,38-/m1/s1. The first-order valence-electron chi connectivity index (χ1n) is 12.5. The van der Waals surface area contributed by atoms with Gasteiger partial charge in [0.1, 0.15) is 5.82 Å². The number of rotatable bonds is 7. The van der Waals surface area contributed by atoms with Crippen molar-refractivity contribution in [3.8, 4) is 0 Å². The fourth-order valence-corrected chi connectivity index (χ4v) is 5.91. The number of benzene rings is 4. The molecule has 0 fully saturated rings. The first-order chi connectivity index (χ1) is 18.4. The third-order valence-electron chi connectivity index (χ3n) is 6.65. The Bertz CT molecular complexity index is 1520. The fourth-order valence-electron chi connectivity index (χ4n) is 4.57. The molecule has 0 radical (unpaired) electrons. The van der Waals surface area contributed by atoms with Crippen LogP contribution in [0, 0.1) is 5.82 Å². The van der Waals surface area contributed by atoms with Gasteiger partial charge in [0.15, 0.2) is 0 Å². The molecule has 0 unspecified atom stereocenters. The summed E-state index contributed by atoms with van der Waals surface area (Å²) in [5.41, 5.74) is 2.48. The van der Waals surface area contributed by atoms with Gasteiger partial charge in [0, 0.05) is 17.2 Å². The molecule has 1 aliphatic heterocycles. The third kappa shape index (κ3) is 5.29. The summed E-state index contributed by atoms with van der Waals surface area (Å²) >= 11 is 0. The van der Waals surface area contributed by atoms with E-state index >= 15 is 0 Å². The van der Waals surface area contributed by atoms with Gasteiger partial charge in [0.25, 0.3) is 11.8 Å². The van der Waals surface area contributed by atoms with Crippen LogP contribution < -0.4 is 10.2 Å². The lowest BCUT2D eigenvalue weighted by Crippen LogP contribution is -2.34. The van der Waals surface area contributed by atoms with Crippen molar-refractivity contribution in [2.24, 2.45) is 0 Å². The van der Waals surface area contributed by atoms with Crippen LogP contribution in [0.3, 0.4) is 0 Å². The number of carbonyl (C=O) groups excluding carboxylic acids is 2. The number of nitrogens with one attached hydrogen (secondary N) is 1. The zero-order valence-electron chi connectivity index (χ0n) is 20.9. The van der Waals surface area contributed by atoms with E-state index < -0.39 is 22.5 Å². The van der Waals surface area contributed by atoms with Crippen molar-refractivity contribution in [1.82, 2.24) is 5.32 Å². The van der Waals surface area contributed by atoms with Crippen LogP contribution in [0.5, 0.6) is 0 Å². The van der Waals surface area contributed by atoms with Crippen LogP contribution in [-0.4, -0.2) is 22.1 Å². The third-order valence-corrected chi connectivity index (χ3v) is 8.15. The Morgan fingerprint density at radius 2 is 1.63 bits per heavy atom. The molecule has 4 aromatic carbocycles. The molecule has 38 heavy (non-hydrogen) atoms. The number of fused-ring (bicyclic) bond motifs is 2. The molecule has 7 heteroatoms. The number of aryl methyl sites for hydroxylation is 1. The van der Waals surface area contributed by atoms with E-state index in [-0.39, 0.29) is 18.5 Å². The lowest BCUT2D eigenvalue weighted by Gasteiger charge is -2.24. The van der Waals surface area contributed by atoms with Gasteiger partial charge >= 0.3 is 0 Å². The van der Waals surface area contributed by atoms with Crippen molar-refractivity contribution >= 4 is 28.3 Å². The van der Waals surface area contributed by atoms with Crippen LogP contribution >= 0.6 is 0 Å². The second kappa shape index (κ2) is 11.1. The van der Waals surface area contributed by atoms with Gasteiger partial charge in [-0.25, -0.2) is 8.60 Å². The zero-order chi connectivity index (χ0) is 26.6. The number of nitrogens with zero attached hydrogens (tertiary/aromatic N) is 1. The fraction of sp³-hybridized carbons (Fsp3) is 0.161. The predicted molar refractivity (Wildman–Crippen MR) is 146 cm³/mol. The molecule has 5 nitrogen and oxygen atoms in total. The molecular formula is C31H27FN2O3S. The predicted octanol–water partition coefficient (Wildman–Crippen LogP) is 5.90. The lowest BCUT2D eigenvalue weighted by atomic mass is 10.1. The van der Waals surface area contributed by atoms with Crippen LogP contribution in [0.4, 0.5) is 10.1 Å². The molecule has 0 saturated heterocycles. The molecule has 0 saturated carbocycles. The minimum Gasteiger partial charge on any atom is -0.350 e. The van der Waals surface area contributed by atoms with Crippen molar-refractivity contribution in [3.05, 3.63) is 125 Å². The molecule has 4 aromatic rings. The summed E-state index contributed by atoms with van der Waals surface area (Å²) in [5.74, 6) is -1.13. The number of anilines is 1. The zero-order valence-corrected chi connectivity index (χ0v) is 21.7. The van der Waals surface area contributed by atoms with Gasteiger partial charge in [-0.15, -0.1) is 0 Å². The van der Waals surface area contributed by atoms with Gasteiger partial charge < -0.3 is 10.2 Å². The first-order valence-corrected chi connectivity index (χ1v) is 13.6. The molecule has 1 N–H and O–H groups in total. The minimum absolute atomic E-state index is 0.0669. The number of hydrogen-bond acceptors (Lipinski definition) is 3. The van der Waals surface area contributed by atoms with Gasteiger partial charge in [-0.2, -0.15) is 0 Å². The Morgan fingerprint density at radius 3 is 2.42 bits per heavy atom. The number of halogens is 1. The van der Waals surface area contributed by atoms with E-state index in [9.17, 15) is 18.2 Å². The van der Waals surface area contributed by atoms with Gasteiger partial charge in [-0.05, 0) is 61.7 Å².